The Kier molecular flexibility index (Phi) is 4.78. The number of methoxy groups -OCH3 is 1. The van der Waals surface area contributed by atoms with Gasteiger partial charge in [0.15, 0.2) is 0 Å². The molecule has 1 rings (SSSR count). The van der Waals surface area contributed by atoms with Gasteiger partial charge in [-0.2, -0.15) is 0 Å². The Morgan fingerprint density at radius 2 is 2.06 bits per heavy atom. The van der Waals surface area contributed by atoms with Gasteiger partial charge in [0.1, 0.15) is 5.75 Å². The molecule has 0 saturated heterocycles. The Balaban J connectivity index is 2.85. The van der Waals surface area contributed by atoms with Crippen molar-refractivity contribution in [2.75, 3.05) is 39.3 Å². The summed E-state index contributed by atoms with van der Waals surface area (Å²) >= 11 is 0. The Hall–Kier alpha value is -1.26. The van der Waals surface area contributed by atoms with E-state index in [1.165, 1.54) is 0 Å². The zero-order valence-corrected chi connectivity index (χ0v) is 11.0. The summed E-state index contributed by atoms with van der Waals surface area (Å²) in [7, 11) is 5.51. The first-order valence-corrected chi connectivity index (χ1v) is 5.70. The van der Waals surface area contributed by atoms with Crippen molar-refractivity contribution in [1.29, 1.82) is 0 Å². The minimum atomic E-state index is -0.324. The summed E-state index contributed by atoms with van der Waals surface area (Å²) in [5.41, 5.74) is 0.695. The number of para-hydroxylation sites is 2. The van der Waals surface area contributed by atoms with Crippen molar-refractivity contribution in [3.8, 4) is 5.75 Å². The molecule has 0 aliphatic carbocycles. The van der Waals surface area contributed by atoms with E-state index in [4.69, 9.17) is 4.74 Å². The van der Waals surface area contributed by atoms with Gasteiger partial charge in [0.05, 0.1) is 24.9 Å². The quantitative estimate of drug-likeness (QED) is 0.779. The van der Waals surface area contributed by atoms with E-state index in [9.17, 15) is 5.11 Å². The largest absolute Gasteiger partial charge is 0.495 e. The Morgan fingerprint density at radius 1 is 1.41 bits per heavy atom. The van der Waals surface area contributed by atoms with Crippen LogP contribution in [0.1, 0.15) is 6.92 Å². The van der Waals surface area contributed by atoms with Gasteiger partial charge in [-0.1, -0.05) is 12.1 Å². The number of nitrogens with one attached hydrogen (secondary N) is 1. The van der Waals surface area contributed by atoms with Crippen molar-refractivity contribution in [2.45, 2.75) is 12.5 Å². The van der Waals surface area contributed by atoms with Gasteiger partial charge in [0, 0.05) is 13.6 Å². The molecule has 0 amide bonds. The molecule has 17 heavy (non-hydrogen) atoms. The van der Waals surface area contributed by atoms with E-state index < -0.39 is 0 Å². The molecule has 0 fully saturated rings. The highest BCUT2D eigenvalue weighted by Gasteiger charge is 2.23. The van der Waals surface area contributed by atoms with Crippen LogP contribution in [-0.2, 0) is 0 Å². The summed E-state index contributed by atoms with van der Waals surface area (Å²) in [6, 6.07) is 7.86. The molecule has 4 heteroatoms. The minimum Gasteiger partial charge on any atom is -0.495 e. The zero-order chi connectivity index (χ0) is 12.9. The van der Waals surface area contributed by atoms with Crippen LogP contribution in [0.2, 0.25) is 0 Å². The van der Waals surface area contributed by atoms with Crippen molar-refractivity contribution in [1.82, 2.24) is 5.32 Å². The number of aliphatic hydroxyl groups is 1. The van der Waals surface area contributed by atoms with Crippen LogP contribution in [0.15, 0.2) is 24.3 Å². The highest BCUT2D eigenvalue weighted by Crippen LogP contribution is 2.27. The Labute approximate surface area is 103 Å². The van der Waals surface area contributed by atoms with E-state index >= 15 is 0 Å². The van der Waals surface area contributed by atoms with Crippen molar-refractivity contribution >= 4 is 5.69 Å². The summed E-state index contributed by atoms with van der Waals surface area (Å²) in [5, 5.41) is 12.5. The van der Waals surface area contributed by atoms with Gasteiger partial charge < -0.3 is 20.1 Å². The van der Waals surface area contributed by atoms with Crippen molar-refractivity contribution in [3.63, 3.8) is 0 Å². The molecule has 1 aromatic carbocycles. The molecule has 1 atom stereocenters. The molecule has 1 aromatic rings. The first-order valence-electron chi connectivity index (χ1n) is 5.70. The fourth-order valence-corrected chi connectivity index (χ4v) is 1.76. The van der Waals surface area contributed by atoms with Gasteiger partial charge >= 0.3 is 0 Å². The molecule has 96 valence electrons. The van der Waals surface area contributed by atoms with Gasteiger partial charge in [-0.3, -0.25) is 0 Å². The molecule has 0 saturated carbocycles. The Morgan fingerprint density at radius 3 is 2.59 bits per heavy atom. The SMILES string of the molecule is CNC(C)(CO)CN(C)c1ccccc1OC. The fourth-order valence-electron chi connectivity index (χ4n) is 1.76. The predicted molar refractivity (Wildman–Crippen MR) is 70.8 cm³/mol. The first-order chi connectivity index (χ1) is 8.06. The number of nitrogens with zero attached hydrogens (tertiary/aromatic N) is 1. The van der Waals surface area contributed by atoms with Crippen LogP contribution < -0.4 is 15.0 Å². The fraction of sp³-hybridized carbons (Fsp3) is 0.538. The number of anilines is 1. The van der Waals surface area contributed by atoms with Crippen LogP contribution in [0.3, 0.4) is 0 Å². The average molecular weight is 238 g/mol. The number of hydrogen-bond donors (Lipinski definition) is 2. The normalized spacial score (nSPS) is 14.2. The highest BCUT2D eigenvalue weighted by atomic mass is 16.5. The van der Waals surface area contributed by atoms with Crippen LogP contribution in [0.25, 0.3) is 0 Å². The number of ether oxygens (including phenoxy) is 1. The lowest BCUT2D eigenvalue weighted by molar-refractivity contribution is 0.186. The predicted octanol–water partition coefficient (Wildman–Crippen LogP) is 1.10. The van der Waals surface area contributed by atoms with Gasteiger partial charge in [0.25, 0.3) is 0 Å². The maximum atomic E-state index is 9.39. The Bertz CT molecular complexity index is 351. The third-order valence-corrected chi connectivity index (χ3v) is 3.04. The highest BCUT2D eigenvalue weighted by molar-refractivity contribution is 5.58. The van der Waals surface area contributed by atoms with E-state index in [0.29, 0.717) is 6.54 Å². The summed E-state index contributed by atoms with van der Waals surface area (Å²) in [5.74, 6) is 0.839. The lowest BCUT2D eigenvalue weighted by Crippen LogP contribution is -2.51. The standard InChI is InChI=1S/C13H22N2O2/c1-13(10-16,14-2)9-15(3)11-7-5-6-8-12(11)17-4/h5-8,14,16H,9-10H2,1-4H3. The smallest absolute Gasteiger partial charge is 0.142 e. The lowest BCUT2D eigenvalue weighted by atomic mass is 10.0. The number of hydrogen-bond acceptors (Lipinski definition) is 4. The maximum Gasteiger partial charge on any atom is 0.142 e. The topological polar surface area (TPSA) is 44.7 Å². The molecule has 0 bridgehead atoms. The summed E-state index contributed by atoms with van der Waals surface area (Å²) < 4.78 is 5.32. The van der Waals surface area contributed by atoms with Gasteiger partial charge in [-0.15, -0.1) is 0 Å². The molecule has 0 heterocycles. The second-order valence-corrected chi connectivity index (χ2v) is 4.50. The van der Waals surface area contributed by atoms with E-state index in [2.05, 4.69) is 10.2 Å². The molecule has 4 nitrogen and oxygen atoms in total. The lowest BCUT2D eigenvalue weighted by Gasteiger charge is -2.33. The van der Waals surface area contributed by atoms with E-state index in [0.717, 1.165) is 11.4 Å². The summed E-state index contributed by atoms with van der Waals surface area (Å²) in [6.45, 7) is 2.77. The molecule has 2 N–H and O–H groups in total. The van der Waals surface area contributed by atoms with Gasteiger partial charge in [-0.25, -0.2) is 0 Å². The van der Waals surface area contributed by atoms with Crippen LogP contribution in [0.5, 0.6) is 5.75 Å². The molecular formula is C13H22N2O2. The van der Waals surface area contributed by atoms with Gasteiger partial charge in [0.2, 0.25) is 0 Å². The molecule has 0 spiro atoms. The van der Waals surface area contributed by atoms with E-state index in [1.54, 1.807) is 7.11 Å². The van der Waals surface area contributed by atoms with Crippen molar-refractivity contribution < 1.29 is 9.84 Å². The molecule has 0 aliphatic rings. The van der Waals surface area contributed by atoms with Gasteiger partial charge in [-0.05, 0) is 26.1 Å². The second kappa shape index (κ2) is 5.89. The van der Waals surface area contributed by atoms with Crippen molar-refractivity contribution in [3.05, 3.63) is 24.3 Å². The van der Waals surface area contributed by atoms with Crippen LogP contribution in [0, 0.1) is 0 Å². The third kappa shape index (κ3) is 3.35. The second-order valence-electron chi connectivity index (χ2n) is 4.50. The number of aliphatic hydroxyl groups excluding tert-OH is 1. The molecule has 0 aliphatic heterocycles. The minimum absolute atomic E-state index is 0.0863. The number of rotatable bonds is 6. The summed E-state index contributed by atoms with van der Waals surface area (Å²) in [4.78, 5) is 2.07. The third-order valence-electron chi connectivity index (χ3n) is 3.04. The monoisotopic (exact) mass is 238 g/mol. The molecule has 0 radical (unpaired) electrons. The number of likely N-dealkylation sites (N-methyl/N-ethyl adjacent to an activating group) is 2. The first kappa shape index (κ1) is 13.8. The molecular weight excluding hydrogens is 216 g/mol. The van der Waals surface area contributed by atoms with E-state index in [-0.39, 0.29) is 12.1 Å². The molecule has 1 unspecified atom stereocenters. The van der Waals surface area contributed by atoms with Crippen LogP contribution in [0.4, 0.5) is 5.69 Å². The zero-order valence-electron chi connectivity index (χ0n) is 11.0. The average Bonchev–Trinajstić information content (AvgIpc) is 2.38. The molecule has 0 aromatic heterocycles. The summed E-state index contributed by atoms with van der Waals surface area (Å²) in [6.07, 6.45) is 0. The maximum absolute atomic E-state index is 9.39. The van der Waals surface area contributed by atoms with Crippen LogP contribution in [-0.4, -0.2) is 45.0 Å². The van der Waals surface area contributed by atoms with E-state index in [1.807, 2.05) is 45.3 Å². The number of benzene rings is 1. The van der Waals surface area contributed by atoms with Crippen molar-refractivity contribution in [2.24, 2.45) is 0 Å². The van der Waals surface area contributed by atoms with Crippen LogP contribution >= 0.6 is 0 Å².